The Morgan fingerprint density at radius 1 is 1.11 bits per heavy atom. The van der Waals surface area contributed by atoms with Gasteiger partial charge in [0, 0.05) is 18.2 Å². The molecule has 0 heterocycles. The molecule has 2 aliphatic rings. The van der Waals surface area contributed by atoms with Crippen LogP contribution in [0.3, 0.4) is 0 Å². The second-order valence-corrected chi connectivity index (χ2v) is 11.0. The summed E-state index contributed by atoms with van der Waals surface area (Å²) in [5.74, 6) is 0.737. The fourth-order valence-electron chi connectivity index (χ4n) is 5.40. The molecule has 2 atom stereocenters. The SMILES string of the molecule is CCOC(=O)/C=C/c1ccccc1[C@H](OC[C@H](O)CNC(C)(C)CC1Cc2ccccc2C1)C1CC1. The zero-order chi connectivity index (χ0) is 25.5. The molecule has 5 heteroatoms. The van der Waals surface area contributed by atoms with E-state index in [1.54, 1.807) is 13.0 Å². The van der Waals surface area contributed by atoms with Gasteiger partial charge in [0.2, 0.25) is 0 Å². The average molecular weight is 492 g/mol. The van der Waals surface area contributed by atoms with Gasteiger partial charge in [-0.05, 0) is 93.0 Å². The van der Waals surface area contributed by atoms with Gasteiger partial charge < -0.3 is 19.9 Å². The molecule has 2 N–H and O–H groups in total. The molecule has 0 aliphatic heterocycles. The van der Waals surface area contributed by atoms with Crippen LogP contribution in [0, 0.1) is 11.8 Å². The van der Waals surface area contributed by atoms with Crippen LogP contribution in [0.1, 0.15) is 68.4 Å². The number of benzene rings is 2. The highest BCUT2D eigenvalue weighted by molar-refractivity contribution is 5.87. The molecule has 0 saturated heterocycles. The highest BCUT2D eigenvalue weighted by atomic mass is 16.5. The summed E-state index contributed by atoms with van der Waals surface area (Å²) in [6.07, 6.45) is 8.17. The van der Waals surface area contributed by atoms with Gasteiger partial charge in [0.05, 0.1) is 25.4 Å². The molecule has 1 fully saturated rings. The van der Waals surface area contributed by atoms with Crippen molar-refractivity contribution in [2.45, 2.75) is 70.6 Å². The maximum absolute atomic E-state index is 11.8. The van der Waals surface area contributed by atoms with E-state index in [0.717, 1.165) is 43.2 Å². The lowest BCUT2D eigenvalue weighted by Gasteiger charge is -2.31. The van der Waals surface area contributed by atoms with Crippen LogP contribution in [0.4, 0.5) is 0 Å². The third kappa shape index (κ3) is 7.52. The lowest BCUT2D eigenvalue weighted by Crippen LogP contribution is -2.45. The number of fused-ring (bicyclic) bond motifs is 1. The van der Waals surface area contributed by atoms with Crippen molar-refractivity contribution in [2.24, 2.45) is 11.8 Å². The van der Waals surface area contributed by atoms with Gasteiger partial charge >= 0.3 is 5.97 Å². The number of β-amino-alcohol motifs (C(OH)–C–C–N with tert-alkyl or cyclic N) is 1. The van der Waals surface area contributed by atoms with Crippen molar-refractivity contribution in [1.82, 2.24) is 5.32 Å². The van der Waals surface area contributed by atoms with Gasteiger partial charge in [-0.3, -0.25) is 0 Å². The molecule has 0 spiro atoms. The van der Waals surface area contributed by atoms with Gasteiger partial charge in [0.15, 0.2) is 0 Å². The Hall–Kier alpha value is -2.47. The Morgan fingerprint density at radius 2 is 1.78 bits per heavy atom. The average Bonchev–Trinajstić information content (AvgIpc) is 3.61. The molecular formula is C31H41NO4. The number of carbonyl (C=O) groups is 1. The number of aliphatic hydroxyl groups is 1. The molecule has 0 amide bonds. The van der Waals surface area contributed by atoms with Crippen molar-refractivity contribution < 1.29 is 19.4 Å². The van der Waals surface area contributed by atoms with Gasteiger partial charge in [-0.2, -0.15) is 0 Å². The number of hydrogen-bond donors (Lipinski definition) is 2. The maximum atomic E-state index is 11.8. The lowest BCUT2D eigenvalue weighted by atomic mass is 9.88. The second-order valence-electron chi connectivity index (χ2n) is 11.0. The summed E-state index contributed by atoms with van der Waals surface area (Å²) >= 11 is 0. The predicted octanol–water partition coefficient (Wildman–Crippen LogP) is 5.26. The summed E-state index contributed by atoms with van der Waals surface area (Å²) in [7, 11) is 0. The van der Waals surface area contributed by atoms with Crippen molar-refractivity contribution in [3.8, 4) is 0 Å². The molecule has 5 nitrogen and oxygen atoms in total. The number of rotatable bonds is 13. The lowest BCUT2D eigenvalue weighted by molar-refractivity contribution is -0.137. The minimum absolute atomic E-state index is 0.0614. The summed E-state index contributed by atoms with van der Waals surface area (Å²) in [6.45, 7) is 7.37. The molecular weight excluding hydrogens is 450 g/mol. The van der Waals surface area contributed by atoms with E-state index in [9.17, 15) is 9.90 Å². The van der Waals surface area contributed by atoms with Crippen molar-refractivity contribution in [3.63, 3.8) is 0 Å². The number of ether oxygens (including phenoxy) is 2. The summed E-state index contributed by atoms with van der Waals surface area (Å²) < 4.78 is 11.3. The Bertz CT molecular complexity index is 1020. The Morgan fingerprint density at radius 3 is 2.44 bits per heavy atom. The van der Waals surface area contributed by atoms with E-state index < -0.39 is 6.10 Å². The molecule has 0 bridgehead atoms. The first-order valence-electron chi connectivity index (χ1n) is 13.4. The maximum Gasteiger partial charge on any atom is 0.330 e. The number of esters is 1. The van der Waals surface area contributed by atoms with Gasteiger partial charge in [0.25, 0.3) is 0 Å². The monoisotopic (exact) mass is 491 g/mol. The van der Waals surface area contributed by atoms with Crippen molar-refractivity contribution in [2.75, 3.05) is 19.8 Å². The third-order valence-corrected chi connectivity index (χ3v) is 7.26. The van der Waals surface area contributed by atoms with Crippen molar-refractivity contribution >= 4 is 12.0 Å². The largest absolute Gasteiger partial charge is 0.463 e. The van der Waals surface area contributed by atoms with Gasteiger partial charge in [0.1, 0.15) is 0 Å². The first kappa shape index (κ1) is 26.6. The molecule has 2 aromatic carbocycles. The molecule has 36 heavy (non-hydrogen) atoms. The second kappa shape index (κ2) is 12.2. The van der Waals surface area contributed by atoms with E-state index in [0.29, 0.717) is 25.0 Å². The highest BCUT2D eigenvalue weighted by Gasteiger charge is 2.35. The van der Waals surface area contributed by atoms with E-state index in [1.165, 1.54) is 17.2 Å². The highest BCUT2D eigenvalue weighted by Crippen LogP contribution is 2.44. The molecule has 2 aliphatic carbocycles. The molecule has 194 valence electrons. The van der Waals surface area contributed by atoms with E-state index in [4.69, 9.17) is 9.47 Å². The molecule has 0 aromatic heterocycles. The summed E-state index contributed by atoms with van der Waals surface area (Å²) in [5, 5.41) is 14.3. The standard InChI is InChI=1S/C31H41NO4/c1-4-35-29(34)16-15-23-9-7-8-12-28(23)30(24-13-14-24)36-21-27(33)20-32-31(2,3)19-22-17-25-10-5-6-11-26(25)18-22/h5-12,15-16,22,24,27,30,32-33H,4,13-14,17-21H2,1-3H3/b16-15+/t27-,30-/m1/s1. The molecule has 1 saturated carbocycles. The normalized spacial score (nSPS) is 17.8. The minimum atomic E-state index is -0.589. The van der Waals surface area contributed by atoms with E-state index >= 15 is 0 Å². The Labute approximate surface area is 215 Å². The van der Waals surface area contributed by atoms with Crippen molar-refractivity contribution in [3.05, 3.63) is 76.9 Å². The Balaban J connectivity index is 1.28. The fraction of sp³-hybridized carbons (Fsp3) is 0.516. The topological polar surface area (TPSA) is 67.8 Å². The smallest absolute Gasteiger partial charge is 0.330 e. The summed E-state index contributed by atoms with van der Waals surface area (Å²) in [4.78, 5) is 11.8. The minimum Gasteiger partial charge on any atom is -0.463 e. The van der Waals surface area contributed by atoms with Crippen LogP contribution < -0.4 is 5.32 Å². The van der Waals surface area contributed by atoms with Crippen molar-refractivity contribution in [1.29, 1.82) is 0 Å². The van der Waals surface area contributed by atoms with Crippen LogP contribution in [0.2, 0.25) is 0 Å². The molecule has 2 aromatic rings. The van der Waals surface area contributed by atoms with Gasteiger partial charge in [-0.25, -0.2) is 4.79 Å². The van der Waals surface area contributed by atoms with Crippen LogP contribution in [0.5, 0.6) is 0 Å². The molecule has 0 unspecified atom stereocenters. The predicted molar refractivity (Wildman–Crippen MR) is 144 cm³/mol. The molecule has 4 rings (SSSR count). The van der Waals surface area contributed by atoms with Gasteiger partial charge in [-0.1, -0.05) is 48.5 Å². The zero-order valence-corrected chi connectivity index (χ0v) is 21.9. The van der Waals surface area contributed by atoms with E-state index in [-0.39, 0.29) is 24.2 Å². The Kier molecular flexibility index (Phi) is 9.00. The fourth-order valence-corrected chi connectivity index (χ4v) is 5.40. The number of nitrogens with one attached hydrogen (secondary N) is 1. The molecule has 0 radical (unpaired) electrons. The third-order valence-electron chi connectivity index (χ3n) is 7.26. The van der Waals surface area contributed by atoms with Crippen LogP contribution in [0.15, 0.2) is 54.6 Å². The van der Waals surface area contributed by atoms with Crippen LogP contribution in [0.25, 0.3) is 6.08 Å². The number of carbonyl (C=O) groups excluding carboxylic acids is 1. The van der Waals surface area contributed by atoms with E-state index in [1.807, 2.05) is 18.2 Å². The van der Waals surface area contributed by atoms with E-state index in [2.05, 4.69) is 49.5 Å². The zero-order valence-electron chi connectivity index (χ0n) is 21.9. The van der Waals surface area contributed by atoms with Crippen LogP contribution >= 0.6 is 0 Å². The summed E-state index contributed by atoms with van der Waals surface area (Å²) in [5.41, 5.74) is 4.91. The first-order valence-corrected chi connectivity index (χ1v) is 13.4. The van der Waals surface area contributed by atoms with Crippen LogP contribution in [-0.2, 0) is 27.1 Å². The first-order chi connectivity index (χ1) is 17.3. The number of aliphatic hydroxyl groups excluding tert-OH is 1. The quantitative estimate of drug-likeness (QED) is 0.295. The van der Waals surface area contributed by atoms with Crippen LogP contribution in [-0.4, -0.2) is 42.5 Å². The van der Waals surface area contributed by atoms with Gasteiger partial charge in [-0.15, -0.1) is 0 Å². The summed E-state index contributed by atoms with van der Waals surface area (Å²) in [6, 6.07) is 16.8. The number of hydrogen-bond acceptors (Lipinski definition) is 5.